The normalized spacial score (nSPS) is 12.0. The molecule has 0 aromatic heterocycles. The van der Waals surface area contributed by atoms with Crippen LogP contribution in [-0.4, -0.2) is 50.6 Å². The number of rotatable bonds is 7. The fraction of sp³-hybridized carbons (Fsp3) is 0.500. The van der Waals surface area contributed by atoms with Gasteiger partial charge in [-0.3, -0.25) is 9.18 Å². The van der Waals surface area contributed by atoms with Crippen LogP contribution in [0.4, 0.5) is 17.6 Å². The van der Waals surface area contributed by atoms with Crippen molar-refractivity contribution in [1.29, 1.82) is 0 Å². The Morgan fingerprint density at radius 3 is 2.56 bits per heavy atom. The zero-order chi connectivity index (χ0) is 18.9. The van der Waals surface area contributed by atoms with Crippen molar-refractivity contribution in [3.63, 3.8) is 0 Å². The molecule has 0 aliphatic carbocycles. The first-order valence-electron chi connectivity index (χ1n) is 7.68. The van der Waals surface area contributed by atoms with E-state index in [-0.39, 0.29) is 31.4 Å². The largest absolute Gasteiger partial charge is 0.416 e. The molecular weight excluding hydrogens is 340 g/mol. The molecule has 0 aliphatic heterocycles. The topological polar surface area (TPSA) is 56.7 Å². The van der Waals surface area contributed by atoms with Gasteiger partial charge in [-0.2, -0.15) is 13.2 Å². The Balaban J connectivity index is 2.77. The summed E-state index contributed by atoms with van der Waals surface area (Å²) in [5.41, 5.74) is -0.372. The number of alkyl halides is 4. The predicted molar refractivity (Wildman–Crippen MR) is 87.9 cm³/mol. The maximum atomic E-state index is 12.7. The summed E-state index contributed by atoms with van der Waals surface area (Å²) in [7, 11) is 3.19. The smallest absolute Gasteiger partial charge is 0.356 e. The van der Waals surface area contributed by atoms with Gasteiger partial charge in [0.1, 0.15) is 0 Å². The molecule has 25 heavy (non-hydrogen) atoms. The van der Waals surface area contributed by atoms with Crippen molar-refractivity contribution in [3.05, 3.63) is 35.4 Å². The lowest BCUT2D eigenvalue weighted by molar-refractivity contribution is -0.137. The lowest BCUT2D eigenvalue weighted by atomic mass is 10.1. The Hall–Kier alpha value is -2.32. The number of hydrogen-bond donors (Lipinski definition) is 2. The Bertz CT molecular complexity index is 588. The van der Waals surface area contributed by atoms with Gasteiger partial charge in [0, 0.05) is 20.6 Å². The van der Waals surface area contributed by atoms with Gasteiger partial charge in [0.05, 0.1) is 25.3 Å². The summed E-state index contributed by atoms with van der Waals surface area (Å²) in [6, 6.07) is 4.85. The summed E-state index contributed by atoms with van der Waals surface area (Å²) in [5.74, 6) is 0.0418. The SMILES string of the molecule is CN(C)C(=O)CNC(=NCc1cccc(C(F)(F)F)c1)NCCCF. The average molecular weight is 362 g/mol. The van der Waals surface area contributed by atoms with Crippen LogP contribution in [0.15, 0.2) is 29.3 Å². The van der Waals surface area contributed by atoms with Gasteiger partial charge in [-0.15, -0.1) is 0 Å². The van der Waals surface area contributed by atoms with Gasteiger partial charge in [0.2, 0.25) is 5.91 Å². The van der Waals surface area contributed by atoms with Crippen molar-refractivity contribution in [2.45, 2.75) is 19.1 Å². The maximum Gasteiger partial charge on any atom is 0.416 e. The van der Waals surface area contributed by atoms with Crippen molar-refractivity contribution in [1.82, 2.24) is 15.5 Å². The van der Waals surface area contributed by atoms with E-state index in [9.17, 15) is 22.4 Å². The van der Waals surface area contributed by atoms with E-state index in [1.165, 1.54) is 17.0 Å². The number of carbonyl (C=O) groups is 1. The van der Waals surface area contributed by atoms with Crippen LogP contribution in [0.5, 0.6) is 0 Å². The number of nitrogens with one attached hydrogen (secondary N) is 2. The first kappa shape index (κ1) is 20.7. The molecule has 1 aromatic rings. The Morgan fingerprint density at radius 2 is 1.96 bits per heavy atom. The summed E-state index contributed by atoms with van der Waals surface area (Å²) in [5, 5.41) is 5.61. The van der Waals surface area contributed by atoms with Crippen LogP contribution in [-0.2, 0) is 17.5 Å². The molecule has 0 bridgehead atoms. The maximum absolute atomic E-state index is 12.7. The van der Waals surface area contributed by atoms with E-state index in [1.54, 1.807) is 14.1 Å². The number of carbonyl (C=O) groups excluding carboxylic acids is 1. The molecule has 0 fully saturated rings. The first-order chi connectivity index (χ1) is 11.7. The highest BCUT2D eigenvalue weighted by Crippen LogP contribution is 2.29. The number of hydrogen-bond acceptors (Lipinski definition) is 2. The molecule has 0 unspecified atom stereocenters. The minimum absolute atomic E-state index is 0.00890. The molecule has 1 aromatic carbocycles. The van der Waals surface area contributed by atoms with Crippen molar-refractivity contribution >= 4 is 11.9 Å². The van der Waals surface area contributed by atoms with Crippen molar-refractivity contribution in [2.75, 3.05) is 33.9 Å². The Labute approximate surface area is 144 Å². The highest BCUT2D eigenvalue weighted by atomic mass is 19.4. The van der Waals surface area contributed by atoms with E-state index in [4.69, 9.17) is 0 Å². The number of halogens is 4. The van der Waals surface area contributed by atoms with E-state index in [0.717, 1.165) is 12.1 Å². The second-order valence-corrected chi connectivity index (χ2v) is 5.47. The molecule has 0 saturated heterocycles. The number of amides is 1. The fourth-order valence-corrected chi connectivity index (χ4v) is 1.78. The molecule has 0 atom stereocenters. The van der Waals surface area contributed by atoms with Gasteiger partial charge >= 0.3 is 6.18 Å². The molecule has 0 saturated carbocycles. The minimum atomic E-state index is -4.42. The third-order valence-electron chi connectivity index (χ3n) is 3.18. The van der Waals surface area contributed by atoms with Gasteiger partial charge in [-0.1, -0.05) is 12.1 Å². The van der Waals surface area contributed by atoms with Crippen LogP contribution in [0.3, 0.4) is 0 Å². The summed E-state index contributed by atoms with van der Waals surface area (Å²) in [6.07, 6.45) is -4.16. The molecule has 0 aliphatic rings. The molecule has 140 valence electrons. The predicted octanol–water partition coefficient (Wildman–Crippen LogP) is 2.19. The second-order valence-electron chi connectivity index (χ2n) is 5.47. The zero-order valence-electron chi connectivity index (χ0n) is 14.2. The van der Waals surface area contributed by atoms with E-state index < -0.39 is 18.4 Å². The van der Waals surface area contributed by atoms with E-state index in [1.807, 2.05) is 0 Å². The van der Waals surface area contributed by atoms with Crippen LogP contribution in [0.2, 0.25) is 0 Å². The lowest BCUT2D eigenvalue weighted by Crippen LogP contribution is -2.43. The second kappa shape index (κ2) is 9.85. The van der Waals surface area contributed by atoms with Gasteiger partial charge in [0.25, 0.3) is 0 Å². The van der Waals surface area contributed by atoms with Gasteiger partial charge < -0.3 is 15.5 Å². The molecule has 2 N–H and O–H groups in total. The summed E-state index contributed by atoms with van der Waals surface area (Å²) >= 11 is 0. The molecule has 1 amide bonds. The third kappa shape index (κ3) is 7.86. The number of benzene rings is 1. The van der Waals surface area contributed by atoms with Gasteiger partial charge in [-0.05, 0) is 24.1 Å². The number of guanidine groups is 1. The zero-order valence-corrected chi connectivity index (χ0v) is 14.2. The number of nitrogens with zero attached hydrogens (tertiary/aromatic N) is 2. The van der Waals surface area contributed by atoms with Crippen LogP contribution >= 0.6 is 0 Å². The van der Waals surface area contributed by atoms with Crippen molar-refractivity contribution in [3.8, 4) is 0 Å². The van der Waals surface area contributed by atoms with Crippen LogP contribution in [0.1, 0.15) is 17.5 Å². The van der Waals surface area contributed by atoms with Crippen LogP contribution in [0, 0.1) is 0 Å². The molecule has 1 rings (SSSR count). The standard InChI is InChI=1S/C16H22F4N4O/c1-24(2)14(25)11-23-15(21-8-4-7-17)22-10-12-5-3-6-13(9-12)16(18,19)20/h3,5-6,9H,4,7-8,10-11H2,1-2H3,(H2,21,22,23). The summed E-state index contributed by atoms with van der Waals surface area (Å²) < 4.78 is 50.4. The van der Waals surface area contributed by atoms with Gasteiger partial charge in [-0.25, -0.2) is 4.99 Å². The Morgan fingerprint density at radius 1 is 1.24 bits per heavy atom. The third-order valence-corrected chi connectivity index (χ3v) is 3.18. The molecule has 9 heteroatoms. The quantitative estimate of drug-likeness (QED) is 0.338. The van der Waals surface area contributed by atoms with Crippen LogP contribution in [0.25, 0.3) is 0 Å². The summed E-state index contributed by atoms with van der Waals surface area (Å²) in [4.78, 5) is 17.1. The van der Waals surface area contributed by atoms with Gasteiger partial charge in [0.15, 0.2) is 5.96 Å². The Kier molecular flexibility index (Phi) is 8.17. The first-order valence-corrected chi connectivity index (χ1v) is 7.68. The number of likely N-dealkylation sites (N-methyl/N-ethyl adjacent to an activating group) is 1. The van der Waals surface area contributed by atoms with Crippen LogP contribution < -0.4 is 10.6 Å². The average Bonchev–Trinajstić information content (AvgIpc) is 2.56. The lowest BCUT2D eigenvalue weighted by Gasteiger charge is -2.15. The number of aliphatic imine (C=N–C) groups is 1. The van der Waals surface area contributed by atoms with Crippen molar-refractivity contribution < 1.29 is 22.4 Å². The highest BCUT2D eigenvalue weighted by Gasteiger charge is 2.30. The molecule has 0 radical (unpaired) electrons. The van der Waals surface area contributed by atoms with Crippen molar-refractivity contribution in [2.24, 2.45) is 4.99 Å². The highest BCUT2D eigenvalue weighted by molar-refractivity contribution is 5.86. The molecule has 5 nitrogen and oxygen atoms in total. The molecule has 0 spiro atoms. The van der Waals surface area contributed by atoms with E-state index in [0.29, 0.717) is 12.1 Å². The molecule has 0 heterocycles. The van der Waals surface area contributed by atoms with E-state index in [2.05, 4.69) is 15.6 Å². The molecular formula is C16H22F4N4O. The van der Waals surface area contributed by atoms with E-state index >= 15 is 0 Å². The fourth-order valence-electron chi connectivity index (χ4n) is 1.78. The minimum Gasteiger partial charge on any atom is -0.356 e. The monoisotopic (exact) mass is 362 g/mol. The summed E-state index contributed by atoms with van der Waals surface area (Å²) in [6.45, 7) is -0.256.